The van der Waals surface area contributed by atoms with Gasteiger partial charge in [-0.1, -0.05) is 18.2 Å². The van der Waals surface area contributed by atoms with Crippen molar-refractivity contribution < 1.29 is 17.5 Å². The topological polar surface area (TPSA) is 58.6 Å². The molecule has 0 spiro atoms. The Kier molecular flexibility index (Phi) is 6.52. The average Bonchev–Trinajstić information content (AvgIpc) is 3.16. The highest BCUT2D eigenvalue weighted by molar-refractivity contribution is 9.10. The number of nitrogens with one attached hydrogen (secondary N) is 1. The molecular formula is C19H22BrFN2O3S. The van der Waals surface area contributed by atoms with E-state index in [1.165, 1.54) is 6.07 Å². The van der Waals surface area contributed by atoms with Gasteiger partial charge in [-0.05, 0) is 66.1 Å². The van der Waals surface area contributed by atoms with Gasteiger partial charge in [0.15, 0.2) is 0 Å². The summed E-state index contributed by atoms with van der Waals surface area (Å²) >= 11 is 3.13. The fourth-order valence-corrected chi connectivity index (χ4v) is 5.48. The molecule has 1 heterocycles. The molecule has 0 radical (unpaired) electrons. The maximum Gasteiger partial charge on any atom is 0.241 e. The van der Waals surface area contributed by atoms with Crippen LogP contribution in [0, 0.1) is 5.82 Å². The molecule has 1 saturated heterocycles. The summed E-state index contributed by atoms with van der Waals surface area (Å²) in [7, 11) is -2.18. The van der Waals surface area contributed by atoms with E-state index in [1.807, 2.05) is 24.3 Å². The number of methoxy groups -OCH3 is 1. The van der Waals surface area contributed by atoms with Gasteiger partial charge < -0.3 is 4.74 Å². The fourth-order valence-electron chi connectivity index (χ4n) is 3.39. The molecule has 0 aromatic heterocycles. The standard InChI is InChI=1S/C19H22BrFN2O3S/c1-26-18-7-3-2-6-15(18)17(23-10-4-5-11-23)13-22-27(24,25)19-9-8-14(21)12-16(19)20/h2-3,6-9,12,17,22H,4-5,10-11,13H2,1H3/t17-/m0/s1. The molecule has 0 unspecified atom stereocenters. The summed E-state index contributed by atoms with van der Waals surface area (Å²) in [6, 6.07) is 11.1. The smallest absolute Gasteiger partial charge is 0.241 e. The first-order valence-electron chi connectivity index (χ1n) is 8.74. The van der Waals surface area contributed by atoms with E-state index < -0.39 is 15.8 Å². The van der Waals surface area contributed by atoms with E-state index in [0.29, 0.717) is 0 Å². The summed E-state index contributed by atoms with van der Waals surface area (Å²) < 4.78 is 47.2. The van der Waals surface area contributed by atoms with Gasteiger partial charge in [0.25, 0.3) is 0 Å². The monoisotopic (exact) mass is 456 g/mol. The molecule has 0 amide bonds. The predicted molar refractivity (Wildman–Crippen MR) is 106 cm³/mol. The SMILES string of the molecule is COc1ccccc1[C@H](CNS(=O)(=O)c1ccc(F)cc1Br)N1CCCC1. The number of rotatable bonds is 7. The van der Waals surface area contributed by atoms with E-state index in [4.69, 9.17) is 4.74 Å². The van der Waals surface area contributed by atoms with Crippen molar-refractivity contribution in [2.45, 2.75) is 23.8 Å². The molecule has 146 valence electrons. The Bertz CT molecular complexity index is 902. The summed E-state index contributed by atoms with van der Waals surface area (Å²) in [6.07, 6.45) is 2.17. The second kappa shape index (κ2) is 8.68. The third kappa shape index (κ3) is 4.68. The Balaban J connectivity index is 1.86. The zero-order valence-electron chi connectivity index (χ0n) is 15.0. The Morgan fingerprint density at radius 1 is 1.22 bits per heavy atom. The Labute approximate surface area is 167 Å². The number of likely N-dealkylation sites (tertiary alicyclic amines) is 1. The normalized spacial score (nSPS) is 16.4. The first kappa shape index (κ1) is 20.3. The number of benzene rings is 2. The minimum Gasteiger partial charge on any atom is -0.496 e. The van der Waals surface area contributed by atoms with Gasteiger partial charge in [-0.15, -0.1) is 0 Å². The molecule has 3 rings (SSSR count). The Morgan fingerprint density at radius 3 is 2.59 bits per heavy atom. The van der Waals surface area contributed by atoms with Crippen LogP contribution in [-0.4, -0.2) is 40.1 Å². The Hall–Kier alpha value is -1.48. The lowest BCUT2D eigenvalue weighted by Crippen LogP contribution is -2.37. The molecule has 0 aliphatic carbocycles. The van der Waals surface area contributed by atoms with Gasteiger partial charge in [-0.3, -0.25) is 4.90 Å². The molecule has 2 aromatic rings. The predicted octanol–water partition coefficient (Wildman–Crippen LogP) is 3.71. The number of sulfonamides is 1. The molecule has 1 N–H and O–H groups in total. The summed E-state index contributed by atoms with van der Waals surface area (Å²) in [4.78, 5) is 2.28. The Morgan fingerprint density at radius 2 is 1.93 bits per heavy atom. The highest BCUT2D eigenvalue weighted by Crippen LogP contribution is 2.32. The second-order valence-corrected chi connectivity index (χ2v) is 9.02. The van der Waals surface area contributed by atoms with Crippen LogP contribution in [0.2, 0.25) is 0 Å². The van der Waals surface area contributed by atoms with Gasteiger partial charge in [0, 0.05) is 16.6 Å². The van der Waals surface area contributed by atoms with Crippen LogP contribution in [0.1, 0.15) is 24.4 Å². The van der Waals surface area contributed by atoms with Gasteiger partial charge in [0.1, 0.15) is 11.6 Å². The number of nitrogens with zero attached hydrogens (tertiary/aromatic N) is 1. The van der Waals surface area contributed by atoms with Gasteiger partial charge >= 0.3 is 0 Å². The van der Waals surface area contributed by atoms with Gasteiger partial charge in [0.05, 0.1) is 18.0 Å². The van der Waals surface area contributed by atoms with Crippen LogP contribution in [0.25, 0.3) is 0 Å². The van der Waals surface area contributed by atoms with Gasteiger partial charge in [0.2, 0.25) is 10.0 Å². The van der Waals surface area contributed by atoms with Crippen molar-refractivity contribution in [2.24, 2.45) is 0 Å². The lowest BCUT2D eigenvalue weighted by Gasteiger charge is -2.29. The van der Waals surface area contributed by atoms with Crippen LogP contribution >= 0.6 is 15.9 Å². The molecule has 5 nitrogen and oxygen atoms in total. The molecule has 0 saturated carbocycles. The van der Waals surface area contributed by atoms with E-state index >= 15 is 0 Å². The number of ether oxygens (including phenoxy) is 1. The minimum atomic E-state index is -3.79. The lowest BCUT2D eigenvalue weighted by atomic mass is 10.0. The highest BCUT2D eigenvalue weighted by Gasteiger charge is 2.28. The molecule has 1 aliphatic rings. The molecule has 1 fully saturated rings. The molecule has 8 heteroatoms. The zero-order chi connectivity index (χ0) is 19.4. The van der Waals surface area contributed by atoms with Crippen molar-refractivity contribution in [1.29, 1.82) is 0 Å². The maximum absolute atomic E-state index is 13.3. The third-order valence-electron chi connectivity index (χ3n) is 4.73. The average molecular weight is 457 g/mol. The minimum absolute atomic E-state index is 0.0177. The van der Waals surface area contributed by atoms with Crippen molar-refractivity contribution in [1.82, 2.24) is 9.62 Å². The van der Waals surface area contributed by atoms with E-state index in [0.717, 1.165) is 49.4 Å². The van der Waals surface area contributed by atoms with Crippen LogP contribution < -0.4 is 9.46 Å². The van der Waals surface area contributed by atoms with Crippen LogP contribution in [0.3, 0.4) is 0 Å². The van der Waals surface area contributed by atoms with Crippen molar-refractivity contribution in [3.8, 4) is 5.75 Å². The number of halogens is 2. The van der Waals surface area contributed by atoms with Crippen molar-refractivity contribution in [3.05, 3.63) is 58.3 Å². The molecular weight excluding hydrogens is 435 g/mol. The molecule has 0 bridgehead atoms. The van der Waals surface area contributed by atoms with E-state index in [-0.39, 0.29) is 22.0 Å². The summed E-state index contributed by atoms with van der Waals surface area (Å²) in [5.74, 6) is 0.237. The maximum atomic E-state index is 13.3. The van der Waals surface area contributed by atoms with Crippen molar-refractivity contribution >= 4 is 26.0 Å². The quantitative estimate of drug-likeness (QED) is 0.689. The summed E-state index contributed by atoms with van der Waals surface area (Å²) in [5.41, 5.74) is 0.947. The molecule has 1 aliphatic heterocycles. The molecule has 1 atom stereocenters. The van der Waals surface area contributed by atoms with Crippen LogP contribution in [-0.2, 0) is 10.0 Å². The van der Waals surface area contributed by atoms with E-state index in [9.17, 15) is 12.8 Å². The van der Waals surface area contributed by atoms with E-state index in [1.54, 1.807) is 7.11 Å². The van der Waals surface area contributed by atoms with Crippen molar-refractivity contribution in [2.75, 3.05) is 26.7 Å². The number of hydrogen-bond donors (Lipinski definition) is 1. The first-order chi connectivity index (χ1) is 12.9. The lowest BCUT2D eigenvalue weighted by molar-refractivity contribution is 0.240. The van der Waals surface area contributed by atoms with Gasteiger partial charge in [-0.25, -0.2) is 17.5 Å². The third-order valence-corrected chi connectivity index (χ3v) is 7.13. The van der Waals surface area contributed by atoms with Crippen LogP contribution in [0.4, 0.5) is 4.39 Å². The van der Waals surface area contributed by atoms with Gasteiger partial charge in [-0.2, -0.15) is 0 Å². The summed E-state index contributed by atoms with van der Waals surface area (Å²) in [6.45, 7) is 2.02. The summed E-state index contributed by atoms with van der Waals surface area (Å²) in [5, 5.41) is 0. The van der Waals surface area contributed by atoms with Crippen LogP contribution in [0.15, 0.2) is 51.8 Å². The second-order valence-electron chi connectivity index (χ2n) is 6.43. The zero-order valence-corrected chi connectivity index (χ0v) is 17.4. The largest absolute Gasteiger partial charge is 0.496 e. The fraction of sp³-hybridized carbons (Fsp3) is 0.368. The molecule has 2 aromatic carbocycles. The van der Waals surface area contributed by atoms with Crippen LogP contribution in [0.5, 0.6) is 5.75 Å². The molecule has 27 heavy (non-hydrogen) atoms. The van der Waals surface area contributed by atoms with E-state index in [2.05, 4.69) is 25.6 Å². The van der Waals surface area contributed by atoms with Crippen molar-refractivity contribution in [3.63, 3.8) is 0 Å². The first-order valence-corrected chi connectivity index (χ1v) is 11.0. The highest BCUT2D eigenvalue weighted by atomic mass is 79.9. The number of hydrogen-bond acceptors (Lipinski definition) is 4. The number of para-hydroxylation sites is 1.